The Labute approximate surface area is 125 Å². The summed E-state index contributed by atoms with van der Waals surface area (Å²) in [5.74, 6) is -1.03. The van der Waals surface area contributed by atoms with E-state index < -0.39 is 11.6 Å². The predicted octanol–water partition coefficient (Wildman–Crippen LogP) is 4.09. The molecule has 0 aliphatic heterocycles. The van der Waals surface area contributed by atoms with Crippen LogP contribution >= 0.6 is 0 Å². The van der Waals surface area contributed by atoms with Gasteiger partial charge < -0.3 is 9.63 Å². The third kappa shape index (κ3) is 2.63. The molecule has 22 heavy (non-hydrogen) atoms. The standard InChI is InChI=1S/C17H13F2NO2/c1-10-2-4-11(5-3-10)17-15(9-21)16(20-22-17)12-6-13(18)8-14(19)7-12/h2-8,21H,9H2,1H3. The Morgan fingerprint density at radius 3 is 2.23 bits per heavy atom. The van der Waals surface area contributed by atoms with Crippen LogP contribution in [0.15, 0.2) is 47.0 Å². The highest BCUT2D eigenvalue weighted by atomic mass is 19.1. The Morgan fingerprint density at radius 1 is 1.00 bits per heavy atom. The van der Waals surface area contributed by atoms with Crippen LogP contribution in [-0.4, -0.2) is 10.3 Å². The number of nitrogens with zero attached hydrogens (tertiary/aromatic N) is 1. The van der Waals surface area contributed by atoms with Crippen LogP contribution in [-0.2, 0) is 6.61 Å². The molecule has 112 valence electrons. The molecule has 0 aliphatic rings. The van der Waals surface area contributed by atoms with E-state index in [1.54, 1.807) is 0 Å². The van der Waals surface area contributed by atoms with Crippen molar-refractivity contribution >= 4 is 0 Å². The third-order valence-electron chi connectivity index (χ3n) is 3.40. The lowest BCUT2D eigenvalue weighted by atomic mass is 10.0. The highest BCUT2D eigenvalue weighted by Gasteiger charge is 2.19. The zero-order chi connectivity index (χ0) is 15.7. The average Bonchev–Trinajstić information content (AvgIpc) is 2.91. The van der Waals surface area contributed by atoms with Crippen molar-refractivity contribution in [3.05, 3.63) is 65.2 Å². The Balaban J connectivity index is 2.12. The largest absolute Gasteiger partial charge is 0.391 e. The van der Waals surface area contributed by atoms with Crippen molar-refractivity contribution in [2.75, 3.05) is 0 Å². The van der Waals surface area contributed by atoms with E-state index in [4.69, 9.17) is 4.52 Å². The zero-order valence-corrected chi connectivity index (χ0v) is 11.8. The molecule has 5 heteroatoms. The van der Waals surface area contributed by atoms with E-state index in [9.17, 15) is 13.9 Å². The molecule has 0 amide bonds. The van der Waals surface area contributed by atoms with Gasteiger partial charge in [0.05, 0.1) is 12.2 Å². The van der Waals surface area contributed by atoms with Crippen LogP contribution in [0.2, 0.25) is 0 Å². The molecule has 0 saturated heterocycles. The van der Waals surface area contributed by atoms with Gasteiger partial charge in [0.25, 0.3) is 0 Å². The Hall–Kier alpha value is -2.53. The Kier molecular flexibility index (Phi) is 3.73. The van der Waals surface area contributed by atoms with Crippen LogP contribution in [0.3, 0.4) is 0 Å². The number of aromatic nitrogens is 1. The number of rotatable bonds is 3. The first-order chi connectivity index (χ1) is 10.6. The fourth-order valence-corrected chi connectivity index (χ4v) is 2.31. The van der Waals surface area contributed by atoms with Crippen molar-refractivity contribution in [3.8, 4) is 22.6 Å². The van der Waals surface area contributed by atoms with Crippen molar-refractivity contribution in [2.24, 2.45) is 0 Å². The molecule has 0 aliphatic carbocycles. The number of hydrogen-bond acceptors (Lipinski definition) is 3. The number of hydrogen-bond donors (Lipinski definition) is 1. The summed E-state index contributed by atoms with van der Waals surface area (Å²) in [7, 11) is 0. The number of aliphatic hydroxyl groups is 1. The van der Waals surface area contributed by atoms with E-state index in [0.29, 0.717) is 11.3 Å². The van der Waals surface area contributed by atoms with Crippen molar-refractivity contribution in [3.63, 3.8) is 0 Å². The van der Waals surface area contributed by atoms with E-state index in [1.807, 2.05) is 31.2 Å². The van der Waals surface area contributed by atoms with Crippen LogP contribution < -0.4 is 0 Å². The van der Waals surface area contributed by atoms with E-state index in [2.05, 4.69) is 5.16 Å². The molecule has 1 N–H and O–H groups in total. The molecule has 3 aromatic rings. The van der Waals surface area contributed by atoms with Crippen LogP contribution in [0.1, 0.15) is 11.1 Å². The van der Waals surface area contributed by atoms with Gasteiger partial charge in [-0.25, -0.2) is 8.78 Å². The van der Waals surface area contributed by atoms with E-state index in [-0.39, 0.29) is 17.9 Å². The van der Waals surface area contributed by atoms with Gasteiger partial charge in [-0.3, -0.25) is 0 Å². The number of benzene rings is 2. The quantitative estimate of drug-likeness (QED) is 0.792. The average molecular weight is 301 g/mol. The van der Waals surface area contributed by atoms with E-state index in [1.165, 1.54) is 0 Å². The van der Waals surface area contributed by atoms with Gasteiger partial charge in [0.1, 0.15) is 17.3 Å². The van der Waals surface area contributed by atoms with Gasteiger partial charge in [-0.05, 0) is 19.1 Å². The number of halogens is 2. The molecule has 1 heterocycles. The van der Waals surface area contributed by atoms with Crippen LogP contribution in [0.4, 0.5) is 8.78 Å². The number of aryl methyl sites for hydroxylation is 1. The fourth-order valence-electron chi connectivity index (χ4n) is 2.31. The molecule has 0 radical (unpaired) electrons. The van der Waals surface area contributed by atoms with Gasteiger partial charge in [-0.2, -0.15) is 0 Å². The Bertz CT molecular complexity index is 790. The minimum atomic E-state index is -0.709. The van der Waals surface area contributed by atoms with E-state index >= 15 is 0 Å². The molecule has 0 atom stereocenters. The summed E-state index contributed by atoms with van der Waals surface area (Å²) in [4.78, 5) is 0. The first kappa shape index (κ1) is 14.4. The zero-order valence-electron chi connectivity index (χ0n) is 11.8. The fraction of sp³-hybridized carbons (Fsp3) is 0.118. The lowest BCUT2D eigenvalue weighted by Crippen LogP contribution is -1.91. The van der Waals surface area contributed by atoms with Gasteiger partial charge in [0, 0.05) is 17.2 Å². The second-order valence-electron chi connectivity index (χ2n) is 5.02. The molecule has 3 nitrogen and oxygen atoms in total. The summed E-state index contributed by atoms with van der Waals surface area (Å²) in [6.45, 7) is 1.61. The predicted molar refractivity (Wildman–Crippen MR) is 78.0 cm³/mol. The molecular formula is C17H13F2NO2. The normalized spacial score (nSPS) is 10.9. The van der Waals surface area contributed by atoms with Crippen molar-refractivity contribution in [1.82, 2.24) is 5.16 Å². The molecule has 0 fully saturated rings. The maximum Gasteiger partial charge on any atom is 0.173 e. The first-order valence-electron chi connectivity index (χ1n) is 6.71. The third-order valence-corrected chi connectivity index (χ3v) is 3.40. The van der Waals surface area contributed by atoms with Crippen molar-refractivity contribution in [2.45, 2.75) is 13.5 Å². The van der Waals surface area contributed by atoms with Crippen LogP contribution in [0.25, 0.3) is 22.6 Å². The maximum atomic E-state index is 13.4. The second-order valence-corrected chi connectivity index (χ2v) is 5.02. The summed E-state index contributed by atoms with van der Waals surface area (Å²) in [6, 6.07) is 10.6. The number of aliphatic hydroxyl groups excluding tert-OH is 1. The smallest absolute Gasteiger partial charge is 0.173 e. The minimum Gasteiger partial charge on any atom is -0.391 e. The van der Waals surface area contributed by atoms with Crippen LogP contribution in [0.5, 0.6) is 0 Å². The van der Waals surface area contributed by atoms with Gasteiger partial charge in [-0.1, -0.05) is 35.0 Å². The van der Waals surface area contributed by atoms with Gasteiger partial charge in [0.15, 0.2) is 5.76 Å². The van der Waals surface area contributed by atoms with Crippen molar-refractivity contribution in [1.29, 1.82) is 0 Å². The molecule has 0 spiro atoms. The topological polar surface area (TPSA) is 46.3 Å². The molecule has 0 saturated carbocycles. The highest BCUT2D eigenvalue weighted by molar-refractivity contribution is 5.72. The summed E-state index contributed by atoms with van der Waals surface area (Å²) in [6.07, 6.45) is 0. The lowest BCUT2D eigenvalue weighted by molar-refractivity contribution is 0.281. The first-order valence-corrected chi connectivity index (χ1v) is 6.71. The monoisotopic (exact) mass is 301 g/mol. The lowest BCUT2D eigenvalue weighted by Gasteiger charge is -2.02. The second kappa shape index (κ2) is 5.69. The highest BCUT2D eigenvalue weighted by Crippen LogP contribution is 2.33. The molecule has 1 aromatic heterocycles. The summed E-state index contributed by atoms with van der Waals surface area (Å²) < 4.78 is 32.0. The molecule has 3 rings (SSSR count). The summed E-state index contributed by atoms with van der Waals surface area (Å²) >= 11 is 0. The summed E-state index contributed by atoms with van der Waals surface area (Å²) in [5.41, 5.74) is 2.68. The minimum absolute atomic E-state index is 0.226. The molecule has 0 bridgehead atoms. The van der Waals surface area contributed by atoms with Gasteiger partial charge in [-0.15, -0.1) is 0 Å². The molecule has 2 aromatic carbocycles. The van der Waals surface area contributed by atoms with Gasteiger partial charge in [0.2, 0.25) is 0 Å². The summed E-state index contributed by atoms with van der Waals surface area (Å²) in [5, 5.41) is 13.5. The Morgan fingerprint density at radius 2 is 1.64 bits per heavy atom. The molecule has 0 unspecified atom stereocenters. The molecular weight excluding hydrogens is 288 g/mol. The van der Waals surface area contributed by atoms with Crippen LogP contribution in [0, 0.1) is 18.6 Å². The SMILES string of the molecule is Cc1ccc(-c2onc(-c3cc(F)cc(F)c3)c2CO)cc1. The maximum absolute atomic E-state index is 13.4. The van der Waals surface area contributed by atoms with Gasteiger partial charge >= 0.3 is 0 Å². The van der Waals surface area contributed by atoms with Crippen molar-refractivity contribution < 1.29 is 18.4 Å². The van der Waals surface area contributed by atoms with E-state index in [0.717, 1.165) is 29.3 Å².